The minimum Gasteiger partial charge on any atom is -0.504 e. The van der Waals surface area contributed by atoms with Gasteiger partial charge in [0.15, 0.2) is 17.6 Å². The molecule has 1 N–H and O–H groups in total. The molecule has 0 saturated carbocycles. The van der Waals surface area contributed by atoms with Crippen molar-refractivity contribution in [3.63, 3.8) is 0 Å². The number of methoxy groups -OCH3 is 1. The molecule has 0 aliphatic carbocycles. The molecule has 2 saturated heterocycles. The van der Waals surface area contributed by atoms with Gasteiger partial charge in [-0.3, -0.25) is 14.4 Å². The van der Waals surface area contributed by atoms with E-state index in [2.05, 4.69) is 0 Å². The van der Waals surface area contributed by atoms with Crippen molar-refractivity contribution in [3.05, 3.63) is 83.9 Å². The zero-order chi connectivity index (χ0) is 22.4. The molecule has 3 aromatic rings. The summed E-state index contributed by atoms with van der Waals surface area (Å²) in [6, 6.07) is 20.9. The predicted octanol–water partition coefficient (Wildman–Crippen LogP) is 3.76. The fourth-order valence-electron chi connectivity index (χ4n) is 4.52. The average molecular weight is 430 g/mol. The Balaban J connectivity index is 1.64. The largest absolute Gasteiger partial charge is 0.504 e. The van der Waals surface area contributed by atoms with Crippen LogP contribution < -0.4 is 14.7 Å². The third kappa shape index (κ3) is 2.93. The number of aryl methyl sites for hydroxylation is 1. The molecular weight excluding hydrogens is 408 g/mol. The third-order valence-corrected chi connectivity index (χ3v) is 6.05. The van der Waals surface area contributed by atoms with E-state index in [1.807, 2.05) is 49.4 Å². The van der Waals surface area contributed by atoms with Gasteiger partial charge in [-0.1, -0.05) is 48.5 Å². The maximum Gasteiger partial charge on any atom is 0.266 e. The maximum absolute atomic E-state index is 13.7. The number of phenols is 1. The average Bonchev–Trinajstić information content (AvgIpc) is 3.31. The minimum absolute atomic E-state index is 0.0835. The molecule has 2 heterocycles. The molecule has 3 aromatic carbocycles. The number of phenolic OH excluding ortho intramolecular Hbond substituents is 1. The monoisotopic (exact) mass is 430 g/mol. The normalized spacial score (nSPS) is 22.4. The number of rotatable bonds is 4. The van der Waals surface area contributed by atoms with Gasteiger partial charge in [-0.25, -0.2) is 9.96 Å². The summed E-state index contributed by atoms with van der Waals surface area (Å²) >= 11 is 0. The number of anilines is 2. The topological polar surface area (TPSA) is 79.3 Å². The molecule has 0 unspecified atom stereocenters. The molecule has 2 aliphatic rings. The second-order valence-electron chi connectivity index (χ2n) is 7.85. The van der Waals surface area contributed by atoms with Gasteiger partial charge in [-0.05, 0) is 36.8 Å². The molecule has 2 amide bonds. The molecule has 0 radical (unpaired) electrons. The highest BCUT2D eigenvalue weighted by molar-refractivity contribution is 6.24. The van der Waals surface area contributed by atoms with Gasteiger partial charge in [0, 0.05) is 5.56 Å². The summed E-state index contributed by atoms with van der Waals surface area (Å²) in [7, 11) is 1.46. The number of aromatic hydroxyl groups is 1. The number of amides is 2. The number of hydrogen-bond donors (Lipinski definition) is 1. The Morgan fingerprint density at radius 1 is 0.906 bits per heavy atom. The molecule has 3 atom stereocenters. The summed E-state index contributed by atoms with van der Waals surface area (Å²) in [6.45, 7) is 1.85. The van der Waals surface area contributed by atoms with Crippen LogP contribution in [0.25, 0.3) is 0 Å². The first-order chi connectivity index (χ1) is 15.5. The first-order valence-corrected chi connectivity index (χ1v) is 10.3. The van der Waals surface area contributed by atoms with Crippen LogP contribution in [0, 0.1) is 12.8 Å². The van der Waals surface area contributed by atoms with Gasteiger partial charge >= 0.3 is 0 Å². The van der Waals surface area contributed by atoms with Crippen LogP contribution in [0.15, 0.2) is 72.8 Å². The van der Waals surface area contributed by atoms with E-state index in [9.17, 15) is 14.7 Å². The van der Waals surface area contributed by atoms with Crippen molar-refractivity contribution in [1.82, 2.24) is 0 Å². The van der Waals surface area contributed by atoms with Gasteiger partial charge in [0.1, 0.15) is 12.0 Å². The fraction of sp³-hybridized carbons (Fsp3) is 0.200. The van der Waals surface area contributed by atoms with Crippen LogP contribution in [-0.2, 0) is 14.4 Å². The number of ether oxygens (including phenoxy) is 1. The fourth-order valence-corrected chi connectivity index (χ4v) is 4.52. The van der Waals surface area contributed by atoms with E-state index in [1.165, 1.54) is 12.0 Å². The van der Waals surface area contributed by atoms with Crippen LogP contribution in [0.3, 0.4) is 0 Å². The lowest BCUT2D eigenvalue weighted by Gasteiger charge is -2.29. The van der Waals surface area contributed by atoms with Crippen molar-refractivity contribution in [2.24, 2.45) is 5.92 Å². The Bertz CT molecular complexity index is 1200. The molecule has 0 bridgehead atoms. The van der Waals surface area contributed by atoms with E-state index < -0.39 is 24.0 Å². The lowest BCUT2D eigenvalue weighted by Crippen LogP contribution is -2.37. The number of nitrogens with zero attached hydrogens (tertiary/aromatic N) is 2. The second kappa shape index (κ2) is 7.69. The summed E-state index contributed by atoms with van der Waals surface area (Å²) in [6.07, 6.45) is -1.00. The smallest absolute Gasteiger partial charge is 0.266 e. The van der Waals surface area contributed by atoms with Gasteiger partial charge in [0.25, 0.3) is 5.91 Å². The molecule has 0 spiro atoms. The molecule has 0 aromatic heterocycles. The van der Waals surface area contributed by atoms with Crippen molar-refractivity contribution in [2.75, 3.05) is 17.1 Å². The van der Waals surface area contributed by atoms with Crippen molar-refractivity contribution in [1.29, 1.82) is 0 Å². The highest BCUT2D eigenvalue weighted by Gasteiger charge is 2.61. The molecule has 32 heavy (non-hydrogen) atoms. The number of hydroxylamine groups is 1. The quantitative estimate of drug-likeness (QED) is 0.635. The van der Waals surface area contributed by atoms with Crippen molar-refractivity contribution < 1.29 is 24.3 Å². The third-order valence-electron chi connectivity index (χ3n) is 6.05. The minimum atomic E-state index is -1.00. The summed E-state index contributed by atoms with van der Waals surface area (Å²) in [5.41, 5.74) is 2.49. The van der Waals surface area contributed by atoms with Crippen molar-refractivity contribution in [3.8, 4) is 11.5 Å². The number of para-hydroxylation sites is 3. The van der Waals surface area contributed by atoms with E-state index >= 15 is 0 Å². The Morgan fingerprint density at radius 2 is 1.62 bits per heavy atom. The molecule has 2 fully saturated rings. The highest BCUT2D eigenvalue weighted by Crippen LogP contribution is 2.50. The Kier molecular flexibility index (Phi) is 4.83. The van der Waals surface area contributed by atoms with E-state index in [0.717, 1.165) is 5.56 Å². The van der Waals surface area contributed by atoms with Crippen molar-refractivity contribution in [2.45, 2.75) is 19.1 Å². The number of hydrogen-bond acceptors (Lipinski definition) is 6. The number of benzene rings is 3. The number of fused-ring (bicyclic) bond motifs is 1. The first-order valence-electron chi connectivity index (χ1n) is 10.3. The van der Waals surface area contributed by atoms with Gasteiger partial charge < -0.3 is 9.84 Å². The SMILES string of the molecule is COc1cccc([C@@H]2[C@H]3C(=O)N(c4ccccc4C)C(=O)[C@H]3ON2c2ccccc2)c1O. The van der Waals surface area contributed by atoms with E-state index in [1.54, 1.807) is 35.4 Å². The van der Waals surface area contributed by atoms with E-state index in [0.29, 0.717) is 16.9 Å². The van der Waals surface area contributed by atoms with Crippen LogP contribution in [0.1, 0.15) is 17.2 Å². The first kappa shape index (κ1) is 20.1. The van der Waals surface area contributed by atoms with Gasteiger partial charge in [0.05, 0.1) is 18.5 Å². The standard InChI is InChI=1S/C25H22N2O5/c1-15-9-6-7-13-18(15)26-24(29)20-21(17-12-8-14-19(31-2)22(17)28)27(32-23(20)25(26)30)16-10-4-3-5-11-16/h3-14,20-21,23,28H,1-2H3/t20-,21-,23+/m1/s1. The summed E-state index contributed by atoms with van der Waals surface area (Å²) in [5.74, 6) is -1.41. The molecule has 7 heteroatoms. The molecule has 5 rings (SSSR count). The summed E-state index contributed by atoms with van der Waals surface area (Å²) < 4.78 is 5.28. The molecular formula is C25H22N2O5. The van der Waals surface area contributed by atoms with Gasteiger partial charge in [-0.2, -0.15) is 0 Å². The van der Waals surface area contributed by atoms with Crippen LogP contribution in [0.4, 0.5) is 11.4 Å². The highest BCUT2D eigenvalue weighted by atomic mass is 16.7. The predicted molar refractivity (Wildman–Crippen MR) is 118 cm³/mol. The van der Waals surface area contributed by atoms with E-state index in [-0.39, 0.29) is 17.4 Å². The number of imide groups is 1. The second-order valence-corrected chi connectivity index (χ2v) is 7.85. The zero-order valence-corrected chi connectivity index (χ0v) is 17.6. The van der Waals surface area contributed by atoms with Crippen molar-refractivity contribution >= 4 is 23.2 Å². The van der Waals surface area contributed by atoms with Gasteiger partial charge in [0.2, 0.25) is 5.91 Å². The van der Waals surface area contributed by atoms with Crippen LogP contribution >= 0.6 is 0 Å². The summed E-state index contributed by atoms with van der Waals surface area (Å²) in [4.78, 5) is 34.4. The molecule has 162 valence electrons. The number of carbonyl (C=O) groups excluding carboxylic acids is 2. The van der Waals surface area contributed by atoms with Crippen LogP contribution in [-0.4, -0.2) is 30.1 Å². The van der Waals surface area contributed by atoms with Crippen LogP contribution in [0.5, 0.6) is 11.5 Å². The van der Waals surface area contributed by atoms with E-state index in [4.69, 9.17) is 9.57 Å². The molecule has 7 nitrogen and oxygen atoms in total. The Morgan fingerprint density at radius 3 is 2.34 bits per heavy atom. The molecule has 2 aliphatic heterocycles. The number of carbonyl (C=O) groups is 2. The lowest BCUT2D eigenvalue weighted by atomic mass is 9.90. The lowest BCUT2D eigenvalue weighted by molar-refractivity contribution is -0.126. The Labute approximate surface area is 185 Å². The summed E-state index contributed by atoms with van der Waals surface area (Å²) in [5, 5.41) is 12.4. The Hall–Kier alpha value is -3.84. The zero-order valence-electron chi connectivity index (χ0n) is 17.6. The van der Waals surface area contributed by atoms with Gasteiger partial charge in [-0.15, -0.1) is 0 Å². The van der Waals surface area contributed by atoms with Crippen LogP contribution in [0.2, 0.25) is 0 Å². The maximum atomic E-state index is 13.7.